The molecule has 0 spiro atoms. The van der Waals surface area contributed by atoms with Gasteiger partial charge in [0.2, 0.25) is 0 Å². The van der Waals surface area contributed by atoms with Gasteiger partial charge in [-0.2, -0.15) is 0 Å². The van der Waals surface area contributed by atoms with E-state index < -0.39 is 23.7 Å². The molecule has 1 aromatic heterocycles. The van der Waals surface area contributed by atoms with Gasteiger partial charge in [-0.3, -0.25) is 4.79 Å². The number of fused-ring (bicyclic) bond motifs is 1. The van der Waals surface area contributed by atoms with Crippen molar-refractivity contribution in [1.82, 2.24) is 5.32 Å². The molecular weight excluding hydrogens is 333 g/mol. The first-order valence-corrected chi connectivity index (χ1v) is 8.26. The minimum absolute atomic E-state index is 0.330. The standard InChI is InChI=1S/C17H16FNO4S/c1-9-6-10(2-3-12(9)18)15(17(21)22)19-16(20)14-7-11-8-23-5-4-13(11)24-14/h2-3,6-7,15H,4-5,8H2,1H3,(H,19,20)(H,21,22). The van der Waals surface area contributed by atoms with Crippen LogP contribution in [0.1, 0.15) is 37.3 Å². The van der Waals surface area contributed by atoms with Crippen LogP contribution in [0.4, 0.5) is 4.39 Å². The van der Waals surface area contributed by atoms with Crippen molar-refractivity contribution in [3.63, 3.8) is 0 Å². The second-order valence-electron chi connectivity index (χ2n) is 5.61. The Bertz CT molecular complexity index is 778. The number of amides is 1. The number of carbonyl (C=O) groups is 2. The lowest BCUT2D eigenvalue weighted by Gasteiger charge is -2.15. The van der Waals surface area contributed by atoms with E-state index in [0.717, 1.165) is 16.9 Å². The first-order chi connectivity index (χ1) is 11.5. The molecule has 126 valence electrons. The number of carboxylic acid groups (broad SMARTS) is 1. The number of rotatable bonds is 4. The van der Waals surface area contributed by atoms with Gasteiger partial charge in [0, 0.05) is 11.3 Å². The molecule has 1 aliphatic heterocycles. The molecule has 1 aliphatic rings. The average molecular weight is 349 g/mol. The molecule has 1 atom stereocenters. The van der Waals surface area contributed by atoms with E-state index in [1.807, 2.05) is 0 Å². The van der Waals surface area contributed by atoms with Crippen molar-refractivity contribution in [2.45, 2.75) is 26.0 Å². The van der Waals surface area contributed by atoms with Crippen LogP contribution < -0.4 is 5.32 Å². The summed E-state index contributed by atoms with van der Waals surface area (Å²) in [6.45, 7) is 2.65. The highest BCUT2D eigenvalue weighted by Gasteiger charge is 2.25. The summed E-state index contributed by atoms with van der Waals surface area (Å²) in [5, 5.41) is 11.9. The lowest BCUT2D eigenvalue weighted by Crippen LogP contribution is -2.33. The molecule has 2 aromatic rings. The molecular formula is C17H16FNO4S. The van der Waals surface area contributed by atoms with Gasteiger partial charge in [0.05, 0.1) is 18.1 Å². The van der Waals surface area contributed by atoms with Crippen molar-refractivity contribution in [3.8, 4) is 0 Å². The normalized spacial score (nSPS) is 14.8. The molecule has 2 heterocycles. The van der Waals surface area contributed by atoms with Crippen LogP contribution in [0.3, 0.4) is 0 Å². The summed E-state index contributed by atoms with van der Waals surface area (Å²) in [5.41, 5.74) is 1.64. The summed E-state index contributed by atoms with van der Waals surface area (Å²) < 4.78 is 18.7. The average Bonchev–Trinajstić information content (AvgIpc) is 2.99. The monoisotopic (exact) mass is 349 g/mol. The molecule has 0 saturated heterocycles. The Labute approximate surface area is 142 Å². The smallest absolute Gasteiger partial charge is 0.330 e. The zero-order valence-corrected chi connectivity index (χ0v) is 13.8. The van der Waals surface area contributed by atoms with Gasteiger partial charge in [-0.05, 0) is 35.7 Å². The number of ether oxygens (including phenoxy) is 1. The second kappa shape index (κ2) is 6.70. The molecule has 7 heteroatoms. The van der Waals surface area contributed by atoms with Crippen molar-refractivity contribution in [1.29, 1.82) is 0 Å². The quantitative estimate of drug-likeness (QED) is 0.890. The number of hydrogen-bond donors (Lipinski definition) is 2. The summed E-state index contributed by atoms with van der Waals surface area (Å²) in [5.74, 6) is -2.07. The Kier molecular flexibility index (Phi) is 4.64. The SMILES string of the molecule is Cc1cc(C(NC(=O)c2cc3c(s2)CCOC3)C(=O)O)ccc1F. The van der Waals surface area contributed by atoms with Crippen molar-refractivity contribution in [2.24, 2.45) is 0 Å². The van der Waals surface area contributed by atoms with Crippen LogP contribution in [-0.4, -0.2) is 23.6 Å². The van der Waals surface area contributed by atoms with E-state index in [9.17, 15) is 19.1 Å². The number of carboxylic acids is 1. The maximum absolute atomic E-state index is 13.4. The van der Waals surface area contributed by atoms with Crippen LogP contribution in [-0.2, 0) is 22.6 Å². The zero-order valence-electron chi connectivity index (χ0n) is 13.0. The van der Waals surface area contributed by atoms with Crippen molar-refractivity contribution in [2.75, 3.05) is 6.61 Å². The van der Waals surface area contributed by atoms with E-state index in [1.54, 1.807) is 13.0 Å². The highest BCUT2D eigenvalue weighted by Crippen LogP contribution is 2.27. The molecule has 0 saturated carbocycles. The molecule has 0 fully saturated rings. The minimum Gasteiger partial charge on any atom is -0.479 e. The molecule has 0 bridgehead atoms. The topological polar surface area (TPSA) is 75.6 Å². The number of aliphatic carboxylic acids is 1. The van der Waals surface area contributed by atoms with Gasteiger partial charge in [0.15, 0.2) is 6.04 Å². The molecule has 1 aromatic carbocycles. The molecule has 1 amide bonds. The predicted molar refractivity (Wildman–Crippen MR) is 86.7 cm³/mol. The number of carbonyl (C=O) groups excluding carboxylic acids is 1. The lowest BCUT2D eigenvalue weighted by molar-refractivity contribution is -0.139. The van der Waals surface area contributed by atoms with E-state index in [-0.39, 0.29) is 0 Å². The van der Waals surface area contributed by atoms with Crippen LogP contribution >= 0.6 is 11.3 Å². The van der Waals surface area contributed by atoms with Gasteiger partial charge in [-0.15, -0.1) is 11.3 Å². The van der Waals surface area contributed by atoms with Crippen LogP contribution in [0.15, 0.2) is 24.3 Å². The maximum Gasteiger partial charge on any atom is 0.330 e. The molecule has 0 radical (unpaired) electrons. The molecule has 5 nitrogen and oxygen atoms in total. The fraction of sp³-hybridized carbons (Fsp3) is 0.294. The Hall–Kier alpha value is -2.25. The highest BCUT2D eigenvalue weighted by atomic mass is 32.1. The number of hydrogen-bond acceptors (Lipinski definition) is 4. The summed E-state index contributed by atoms with van der Waals surface area (Å²) >= 11 is 1.35. The van der Waals surface area contributed by atoms with E-state index in [4.69, 9.17) is 4.74 Å². The molecule has 3 rings (SSSR count). The fourth-order valence-corrected chi connectivity index (χ4v) is 3.65. The number of benzene rings is 1. The Morgan fingerprint density at radius 2 is 2.17 bits per heavy atom. The van der Waals surface area contributed by atoms with Crippen LogP contribution in [0.2, 0.25) is 0 Å². The Balaban J connectivity index is 1.82. The molecule has 0 aliphatic carbocycles. The minimum atomic E-state index is -1.23. The summed E-state index contributed by atoms with van der Waals surface area (Å²) in [7, 11) is 0. The summed E-state index contributed by atoms with van der Waals surface area (Å²) in [4.78, 5) is 25.5. The number of nitrogens with one attached hydrogen (secondary N) is 1. The maximum atomic E-state index is 13.4. The molecule has 24 heavy (non-hydrogen) atoms. The van der Waals surface area contributed by atoms with Gasteiger partial charge in [-0.25, -0.2) is 9.18 Å². The van der Waals surface area contributed by atoms with E-state index in [2.05, 4.69) is 5.32 Å². The van der Waals surface area contributed by atoms with Crippen LogP contribution in [0.5, 0.6) is 0 Å². The van der Waals surface area contributed by atoms with Gasteiger partial charge < -0.3 is 15.2 Å². The number of thiophene rings is 1. The van der Waals surface area contributed by atoms with Crippen molar-refractivity contribution < 1.29 is 23.8 Å². The predicted octanol–water partition coefficient (Wildman–Crippen LogP) is 2.82. The van der Waals surface area contributed by atoms with E-state index in [0.29, 0.717) is 29.2 Å². The number of halogens is 1. The van der Waals surface area contributed by atoms with Gasteiger partial charge in [0.25, 0.3) is 5.91 Å². The van der Waals surface area contributed by atoms with Gasteiger partial charge in [0.1, 0.15) is 5.82 Å². The third-order valence-electron chi connectivity index (χ3n) is 3.89. The summed E-state index contributed by atoms with van der Waals surface area (Å²) in [6.07, 6.45) is 0.757. The first-order valence-electron chi connectivity index (χ1n) is 7.44. The molecule has 1 unspecified atom stereocenters. The zero-order chi connectivity index (χ0) is 17.3. The Morgan fingerprint density at radius 1 is 1.38 bits per heavy atom. The number of aryl methyl sites for hydroxylation is 1. The second-order valence-corrected chi connectivity index (χ2v) is 6.75. The first kappa shape index (κ1) is 16.6. The fourth-order valence-electron chi connectivity index (χ4n) is 2.60. The van der Waals surface area contributed by atoms with Gasteiger partial charge in [-0.1, -0.05) is 12.1 Å². The molecule has 2 N–H and O–H groups in total. The Morgan fingerprint density at radius 3 is 2.83 bits per heavy atom. The van der Waals surface area contributed by atoms with E-state index >= 15 is 0 Å². The highest BCUT2D eigenvalue weighted by molar-refractivity contribution is 7.14. The summed E-state index contributed by atoms with van der Waals surface area (Å²) in [6, 6.07) is 4.51. The largest absolute Gasteiger partial charge is 0.479 e. The third kappa shape index (κ3) is 3.32. The van der Waals surface area contributed by atoms with E-state index in [1.165, 1.54) is 29.5 Å². The van der Waals surface area contributed by atoms with Crippen molar-refractivity contribution >= 4 is 23.2 Å². The van der Waals surface area contributed by atoms with Crippen LogP contribution in [0.25, 0.3) is 0 Å². The van der Waals surface area contributed by atoms with Crippen LogP contribution in [0, 0.1) is 12.7 Å². The van der Waals surface area contributed by atoms with Crippen molar-refractivity contribution in [3.05, 3.63) is 56.5 Å². The third-order valence-corrected chi connectivity index (χ3v) is 5.13. The van der Waals surface area contributed by atoms with Gasteiger partial charge >= 0.3 is 5.97 Å². The lowest BCUT2D eigenvalue weighted by atomic mass is 10.0.